The van der Waals surface area contributed by atoms with Gasteiger partial charge >= 0.3 is 0 Å². The lowest BCUT2D eigenvalue weighted by Gasteiger charge is -2.45. The summed E-state index contributed by atoms with van der Waals surface area (Å²) in [5.41, 5.74) is 6.60. The number of benzene rings is 2. The zero-order valence-corrected chi connectivity index (χ0v) is 18.6. The summed E-state index contributed by atoms with van der Waals surface area (Å²) < 4.78 is 0.941. The normalized spacial score (nSPS) is 30.3. The second-order valence-corrected chi connectivity index (χ2v) is 10.4. The van der Waals surface area contributed by atoms with E-state index in [1.165, 1.54) is 35.7 Å². The Morgan fingerprint density at radius 1 is 1.03 bits per heavy atom. The van der Waals surface area contributed by atoms with E-state index >= 15 is 0 Å². The molecule has 5 heteroatoms. The third kappa shape index (κ3) is 3.58. The third-order valence-electron chi connectivity index (χ3n) is 7.08. The number of phenolic OH excluding ortho intramolecular Hbond substituents is 2. The van der Waals surface area contributed by atoms with E-state index in [4.69, 9.17) is 0 Å². The van der Waals surface area contributed by atoms with Crippen molar-refractivity contribution in [3.8, 4) is 11.5 Å². The predicted octanol–water partition coefficient (Wildman–Crippen LogP) is 5.46. The van der Waals surface area contributed by atoms with Crippen LogP contribution in [0.1, 0.15) is 42.0 Å². The number of fused-ring (bicyclic) bond motifs is 1. The Morgan fingerprint density at radius 3 is 2.60 bits per heavy atom. The highest BCUT2D eigenvalue weighted by Gasteiger charge is 2.52. The number of nitrogens with zero attached hydrogens (tertiary/aromatic N) is 1. The van der Waals surface area contributed by atoms with Crippen LogP contribution in [-0.4, -0.2) is 39.0 Å². The minimum atomic E-state index is 0.122. The topological polar surface area (TPSA) is 52.5 Å². The zero-order valence-electron chi connectivity index (χ0n) is 17.8. The number of quaternary nitrogens is 1. The summed E-state index contributed by atoms with van der Waals surface area (Å²) in [6.07, 6.45) is 6.05. The van der Waals surface area contributed by atoms with E-state index in [0.717, 1.165) is 41.2 Å². The number of phenols is 2. The van der Waals surface area contributed by atoms with Gasteiger partial charge in [0.2, 0.25) is 5.50 Å². The summed E-state index contributed by atoms with van der Waals surface area (Å²) in [5, 5.41) is 24.4. The van der Waals surface area contributed by atoms with E-state index < -0.39 is 0 Å². The molecule has 4 atom stereocenters. The van der Waals surface area contributed by atoms with Crippen LogP contribution in [0, 0.1) is 19.8 Å². The summed E-state index contributed by atoms with van der Waals surface area (Å²) in [6, 6.07) is 12.0. The maximum atomic E-state index is 10.7. The largest absolute Gasteiger partial charge is 0.508 e. The van der Waals surface area contributed by atoms with Crippen molar-refractivity contribution in [3.05, 3.63) is 64.7 Å². The van der Waals surface area contributed by atoms with Gasteiger partial charge < -0.3 is 15.5 Å². The molecule has 2 heterocycles. The fourth-order valence-corrected chi connectivity index (χ4v) is 7.22. The Bertz CT molecular complexity index is 984. The van der Waals surface area contributed by atoms with Gasteiger partial charge in [0.05, 0.1) is 24.4 Å². The molecule has 2 fully saturated rings. The van der Waals surface area contributed by atoms with Crippen molar-refractivity contribution in [1.29, 1.82) is 0 Å². The average molecular weight is 424 g/mol. The molecule has 30 heavy (non-hydrogen) atoms. The molecule has 4 unspecified atom stereocenters. The molecule has 5 rings (SSSR count). The first-order valence-electron chi connectivity index (χ1n) is 11.0. The fourth-order valence-electron chi connectivity index (χ4n) is 5.50. The molecule has 0 aromatic heterocycles. The van der Waals surface area contributed by atoms with Crippen molar-refractivity contribution >= 4 is 17.4 Å². The molecule has 3 aliphatic rings. The summed E-state index contributed by atoms with van der Waals surface area (Å²) in [5.74, 6) is 2.07. The standard InChI is InChI=1S/C25H30N2O2S/c1-16-10-17(2)12-20(11-16)26-25-27(8-3-4-18-13-19(18)7-9-27)23(15-30-25)22-6-5-21(28)14-24(22)29/h4-6,10-12,14,19,23,25-26H,3,7-9,13,15H2,1-2H3,(H-,28,29)/p+1. The molecule has 2 aromatic carbocycles. The van der Waals surface area contributed by atoms with Gasteiger partial charge in [-0.25, -0.2) is 0 Å². The number of allylic oxidation sites excluding steroid dienone is 1. The first-order valence-corrected chi connectivity index (χ1v) is 12.0. The summed E-state index contributed by atoms with van der Waals surface area (Å²) in [4.78, 5) is 0. The van der Waals surface area contributed by atoms with Crippen LogP contribution in [0.3, 0.4) is 0 Å². The van der Waals surface area contributed by atoms with Crippen molar-refractivity contribution in [2.45, 2.75) is 44.6 Å². The summed E-state index contributed by atoms with van der Waals surface area (Å²) in [6.45, 7) is 6.48. The lowest BCUT2D eigenvalue weighted by Crippen LogP contribution is -2.56. The molecule has 1 aliphatic carbocycles. The molecule has 0 bridgehead atoms. The SMILES string of the molecule is Cc1cc(C)cc(NC2SCC(c3ccc(O)cc3O)[N+]23CCC=C2CC2CC3)c1. The third-order valence-corrected chi connectivity index (χ3v) is 8.44. The number of thioether (sulfide) groups is 1. The van der Waals surface area contributed by atoms with Crippen LogP contribution >= 0.6 is 11.8 Å². The van der Waals surface area contributed by atoms with Crippen molar-refractivity contribution in [1.82, 2.24) is 0 Å². The summed E-state index contributed by atoms with van der Waals surface area (Å²) >= 11 is 1.97. The predicted molar refractivity (Wildman–Crippen MR) is 124 cm³/mol. The average Bonchev–Trinajstić information content (AvgIpc) is 3.31. The molecule has 2 aromatic rings. The molecule has 1 saturated heterocycles. The number of hydrogen-bond acceptors (Lipinski definition) is 4. The van der Waals surface area contributed by atoms with Gasteiger partial charge in [-0.1, -0.05) is 29.5 Å². The molecule has 2 aliphatic heterocycles. The quantitative estimate of drug-likeness (QED) is 0.454. The minimum Gasteiger partial charge on any atom is -0.508 e. The van der Waals surface area contributed by atoms with E-state index in [1.807, 2.05) is 17.8 Å². The maximum absolute atomic E-state index is 10.7. The maximum Gasteiger partial charge on any atom is 0.211 e. The molecule has 158 valence electrons. The van der Waals surface area contributed by atoms with E-state index in [9.17, 15) is 10.2 Å². The Labute approximate surface area is 183 Å². The molecule has 3 N–H and O–H groups in total. The van der Waals surface area contributed by atoms with Gasteiger partial charge in [-0.15, -0.1) is 0 Å². The van der Waals surface area contributed by atoms with Crippen LogP contribution in [0.4, 0.5) is 5.69 Å². The van der Waals surface area contributed by atoms with Gasteiger partial charge in [0.25, 0.3) is 0 Å². The number of rotatable bonds is 3. The molecular weight excluding hydrogens is 392 g/mol. The smallest absolute Gasteiger partial charge is 0.211 e. The van der Waals surface area contributed by atoms with Gasteiger partial charge in [0.15, 0.2) is 0 Å². The minimum absolute atomic E-state index is 0.122. The van der Waals surface area contributed by atoms with Crippen LogP contribution in [0.25, 0.3) is 0 Å². The summed E-state index contributed by atoms with van der Waals surface area (Å²) in [7, 11) is 0. The number of hydrogen-bond donors (Lipinski definition) is 3. The Morgan fingerprint density at radius 2 is 1.83 bits per heavy atom. The zero-order chi connectivity index (χ0) is 20.9. The number of anilines is 1. The number of nitrogens with one attached hydrogen (secondary N) is 1. The molecule has 4 nitrogen and oxygen atoms in total. The van der Waals surface area contributed by atoms with Crippen molar-refractivity contribution in [3.63, 3.8) is 0 Å². The van der Waals surface area contributed by atoms with Crippen LogP contribution in [-0.2, 0) is 0 Å². The number of aromatic hydroxyl groups is 2. The van der Waals surface area contributed by atoms with Crippen LogP contribution < -0.4 is 5.32 Å². The van der Waals surface area contributed by atoms with Gasteiger partial charge in [-0.05, 0) is 61.6 Å². The van der Waals surface area contributed by atoms with Crippen molar-refractivity contribution < 1.29 is 14.7 Å². The molecule has 0 radical (unpaired) electrons. The van der Waals surface area contributed by atoms with Crippen molar-refractivity contribution in [2.24, 2.45) is 5.92 Å². The second-order valence-electron chi connectivity index (χ2n) is 9.27. The fraction of sp³-hybridized carbons (Fsp3) is 0.440. The van der Waals surface area contributed by atoms with Gasteiger partial charge in [-0.2, -0.15) is 0 Å². The monoisotopic (exact) mass is 423 g/mol. The number of aryl methyl sites for hydroxylation is 2. The molecule has 0 amide bonds. The highest BCUT2D eigenvalue weighted by molar-refractivity contribution is 8.00. The van der Waals surface area contributed by atoms with E-state index in [2.05, 4.69) is 43.4 Å². The Kier molecular flexibility index (Phi) is 4.98. The highest BCUT2D eigenvalue weighted by atomic mass is 32.2. The van der Waals surface area contributed by atoms with E-state index in [0.29, 0.717) is 0 Å². The van der Waals surface area contributed by atoms with Crippen LogP contribution in [0.5, 0.6) is 11.5 Å². The van der Waals surface area contributed by atoms with Crippen LogP contribution in [0.2, 0.25) is 0 Å². The van der Waals surface area contributed by atoms with E-state index in [1.54, 1.807) is 11.6 Å². The lowest BCUT2D eigenvalue weighted by molar-refractivity contribution is -0.956. The lowest BCUT2D eigenvalue weighted by atomic mass is 10.00. The molecule has 1 saturated carbocycles. The van der Waals surface area contributed by atoms with Crippen molar-refractivity contribution in [2.75, 3.05) is 24.2 Å². The van der Waals surface area contributed by atoms with Crippen LogP contribution in [0.15, 0.2) is 48.0 Å². The first kappa shape index (κ1) is 19.8. The van der Waals surface area contributed by atoms with Gasteiger partial charge in [-0.3, -0.25) is 4.48 Å². The second kappa shape index (κ2) is 7.54. The first-order chi connectivity index (χ1) is 14.4. The van der Waals surface area contributed by atoms with E-state index in [-0.39, 0.29) is 23.0 Å². The Hall–Kier alpha value is -2.11. The van der Waals surface area contributed by atoms with Gasteiger partial charge in [0.1, 0.15) is 17.5 Å². The Balaban J connectivity index is 1.52. The van der Waals surface area contributed by atoms with Gasteiger partial charge in [0, 0.05) is 24.6 Å². The molecule has 1 spiro atoms. The highest BCUT2D eigenvalue weighted by Crippen LogP contribution is 2.52. The molecular formula is C25H31N2O2S+.